The minimum atomic E-state index is -0.555. The van der Waals surface area contributed by atoms with Crippen LogP contribution in [-0.4, -0.2) is 55.1 Å². The smallest absolute Gasteiger partial charge is 0.290 e. The normalized spacial score (nSPS) is 19.0. The van der Waals surface area contributed by atoms with Crippen LogP contribution in [0.4, 0.5) is 0 Å². The van der Waals surface area contributed by atoms with Gasteiger partial charge in [-0.05, 0) is 42.3 Å². The lowest BCUT2D eigenvalue weighted by Crippen LogP contribution is -2.38. The van der Waals surface area contributed by atoms with Crippen LogP contribution in [0.1, 0.15) is 34.1 Å². The Morgan fingerprint density at radius 1 is 0.969 bits per heavy atom. The molecule has 2 aliphatic rings. The van der Waals surface area contributed by atoms with E-state index in [4.69, 9.17) is 32.4 Å². The third kappa shape index (κ3) is 3.92. The maximum absolute atomic E-state index is 13.5. The number of carbonyl (C=O) groups is 1. The Morgan fingerprint density at radius 3 is 2.53 bits per heavy atom. The SMILES string of the molecule is O=C1c2oc3ccc(Cl)cc3c(=O)c2[C@@H](c2cccc(Cl)c2)N1CCCN1CCOCC1. The van der Waals surface area contributed by atoms with E-state index in [1.54, 1.807) is 35.2 Å². The van der Waals surface area contributed by atoms with Gasteiger partial charge in [0.1, 0.15) is 5.58 Å². The van der Waals surface area contributed by atoms with Crippen LogP contribution >= 0.6 is 23.2 Å². The van der Waals surface area contributed by atoms with Crippen LogP contribution in [0.2, 0.25) is 10.0 Å². The highest BCUT2D eigenvalue weighted by Gasteiger charge is 2.42. The van der Waals surface area contributed by atoms with Gasteiger partial charge in [-0.3, -0.25) is 14.5 Å². The molecule has 0 aliphatic carbocycles. The van der Waals surface area contributed by atoms with Crippen molar-refractivity contribution in [1.82, 2.24) is 9.80 Å². The molecule has 0 N–H and O–H groups in total. The summed E-state index contributed by atoms with van der Waals surface area (Å²) >= 11 is 12.4. The van der Waals surface area contributed by atoms with Gasteiger partial charge in [-0.25, -0.2) is 0 Å². The highest BCUT2D eigenvalue weighted by atomic mass is 35.5. The summed E-state index contributed by atoms with van der Waals surface area (Å²) in [6, 6.07) is 11.6. The van der Waals surface area contributed by atoms with Crippen LogP contribution < -0.4 is 5.43 Å². The monoisotopic (exact) mass is 472 g/mol. The first-order chi connectivity index (χ1) is 15.5. The maximum Gasteiger partial charge on any atom is 0.290 e. The molecule has 5 rings (SSSR count). The summed E-state index contributed by atoms with van der Waals surface area (Å²) in [5, 5.41) is 1.35. The second-order valence-electron chi connectivity index (χ2n) is 8.08. The second kappa shape index (κ2) is 8.87. The van der Waals surface area contributed by atoms with E-state index < -0.39 is 6.04 Å². The summed E-state index contributed by atoms with van der Waals surface area (Å²) in [5.41, 5.74) is 1.24. The van der Waals surface area contributed by atoms with Crippen LogP contribution in [0.25, 0.3) is 11.0 Å². The fourth-order valence-electron chi connectivity index (χ4n) is 4.54. The van der Waals surface area contributed by atoms with Gasteiger partial charge in [-0.1, -0.05) is 35.3 Å². The summed E-state index contributed by atoms with van der Waals surface area (Å²) in [6.45, 7) is 4.58. The van der Waals surface area contributed by atoms with E-state index in [9.17, 15) is 9.59 Å². The Balaban J connectivity index is 1.54. The summed E-state index contributed by atoms with van der Waals surface area (Å²) in [5.74, 6) is -0.179. The standard InChI is InChI=1S/C24H22Cl2N2O4/c25-16-4-1-3-15(13-16)21-20-22(29)18-14-17(26)5-6-19(18)32-23(20)24(30)28(21)8-2-7-27-9-11-31-12-10-27/h1,3-6,13-14,21H,2,7-12H2/t21-/m1/s1. The lowest BCUT2D eigenvalue weighted by atomic mass is 9.98. The number of nitrogens with zero attached hydrogens (tertiary/aromatic N) is 2. The lowest BCUT2D eigenvalue weighted by Gasteiger charge is -2.29. The van der Waals surface area contributed by atoms with Crippen LogP contribution in [0, 0.1) is 0 Å². The quantitative estimate of drug-likeness (QED) is 0.551. The van der Waals surface area contributed by atoms with Gasteiger partial charge in [0.2, 0.25) is 5.76 Å². The predicted octanol–water partition coefficient (Wildman–Crippen LogP) is 4.37. The van der Waals surface area contributed by atoms with Crippen molar-refractivity contribution in [3.8, 4) is 0 Å². The molecule has 1 fully saturated rings. The van der Waals surface area contributed by atoms with E-state index in [2.05, 4.69) is 4.90 Å². The van der Waals surface area contributed by atoms with Crippen molar-refractivity contribution in [2.45, 2.75) is 12.5 Å². The molecule has 0 saturated carbocycles. The third-order valence-corrected chi connectivity index (χ3v) is 6.54. The summed E-state index contributed by atoms with van der Waals surface area (Å²) in [6.07, 6.45) is 0.774. The van der Waals surface area contributed by atoms with Crippen molar-refractivity contribution >= 4 is 40.1 Å². The summed E-state index contributed by atoms with van der Waals surface area (Å²) in [7, 11) is 0. The van der Waals surface area contributed by atoms with E-state index in [0.29, 0.717) is 33.1 Å². The largest absolute Gasteiger partial charge is 0.450 e. The second-order valence-corrected chi connectivity index (χ2v) is 8.95. The molecule has 1 saturated heterocycles. The number of hydrogen-bond acceptors (Lipinski definition) is 5. The van der Waals surface area contributed by atoms with E-state index in [1.807, 2.05) is 12.1 Å². The van der Waals surface area contributed by atoms with Crippen molar-refractivity contribution in [3.63, 3.8) is 0 Å². The zero-order valence-corrected chi connectivity index (χ0v) is 18.9. The van der Waals surface area contributed by atoms with E-state index in [1.165, 1.54) is 0 Å². The first-order valence-electron chi connectivity index (χ1n) is 10.7. The van der Waals surface area contributed by atoms with E-state index in [0.717, 1.165) is 44.8 Å². The van der Waals surface area contributed by atoms with Crippen molar-refractivity contribution in [1.29, 1.82) is 0 Å². The number of amides is 1. The van der Waals surface area contributed by atoms with Gasteiger partial charge in [0.25, 0.3) is 5.91 Å². The molecule has 0 radical (unpaired) electrons. The Labute approximate surface area is 195 Å². The fourth-order valence-corrected chi connectivity index (χ4v) is 4.91. The molecule has 0 unspecified atom stereocenters. The molecule has 1 aromatic heterocycles. The Bertz CT molecular complexity index is 1240. The predicted molar refractivity (Wildman–Crippen MR) is 124 cm³/mol. The molecule has 0 bridgehead atoms. The Kier molecular flexibility index (Phi) is 5.95. The average Bonchev–Trinajstić information content (AvgIpc) is 3.07. The van der Waals surface area contributed by atoms with Crippen molar-refractivity contribution in [3.05, 3.63) is 79.6 Å². The zero-order chi connectivity index (χ0) is 22.2. The molecule has 2 aliphatic heterocycles. The summed E-state index contributed by atoms with van der Waals surface area (Å²) in [4.78, 5) is 31.0. The molecule has 1 atom stereocenters. The van der Waals surface area contributed by atoms with Crippen molar-refractivity contribution in [2.24, 2.45) is 0 Å². The number of ether oxygens (including phenoxy) is 1. The van der Waals surface area contributed by atoms with Gasteiger partial charge in [-0.2, -0.15) is 0 Å². The van der Waals surface area contributed by atoms with Crippen LogP contribution in [0.15, 0.2) is 51.7 Å². The number of halogens is 2. The van der Waals surface area contributed by atoms with Crippen molar-refractivity contribution in [2.75, 3.05) is 39.4 Å². The average molecular weight is 473 g/mol. The minimum absolute atomic E-state index is 0.0983. The molecule has 3 heterocycles. The molecule has 0 spiro atoms. The zero-order valence-electron chi connectivity index (χ0n) is 17.4. The molecular formula is C24H22Cl2N2O4. The van der Waals surface area contributed by atoms with Gasteiger partial charge < -0.3 is 14.1 Å². The lowest BCUT2D eigenvalue weighted by molar-refractivity contribution is 0.0353. The molecule has 8 heteroatoms. The highest BCUT2D eigenvalue weighted by molar-refractivity contribution is 6.31. The Hall–Kier alpha value is -2.38. The minimum Gasteiger partial charge on any atom is -0.450 e. The number of hydrogen-bond donors (Lipinski definition) is 0. The third-order valence-electron chi connectivity index (χ3n) is 6.07. The molecular weight excluding hydrogens is 451 g/mol. The number of morpholine rings is 1. The van der Waals surface area contributed by atoms with E-state index >= 15 is 0 Å². The Morgan fingerprint density at radius 2 is 1.75 bits per heavy atom. The van der Waals surface area contributed by atoms with Crippen LogP contribution in [0.3, 0.4) is 0 Å². The first-order valence-corrected chi connectivity index (χ1v) is 11.4. The number of benzene rings is 2. The number of fused-ring (bicyclic) bond motifs is 2. The topological polar surface area (TPSA) is 63.0 Å². The van der Waals surface area contributed by atoms with E-state index in [-0.39, 0.29) is 17.1 Å². The highest BCUT2D eigenvalue weighted by Crippen LogP contribution is 2.39. The molecule has 32 heavy (non-hydrogen) atoms. The molecule has 2 aromatic carbocycles. The number of carbonyl (C=O) groups excluding carboxylic acids is 1. The van der Waals surface area contributed by atoms with Crippen LogP contribution in [0.5, 0.6) is 0 Å². The maximum atomic E-state index is 13.5. The van der Waals surface area contributed by atoms with Gasteiger partial charge in [0.15, 0.2) is 5.43 Å². The van der Waals surface area contributed by atoms with Gasteiger partial charge >= 0.3 is 0 Å². The van der Waals surface area contributed by atoms with Gasteiger partial charge in [-0.15, -0.1) is 0 Å². The number of rotatable bonds is 5. The fraction of sp³-hybridized carbons (Fsp3) is 0.333. The summed E-state index contributed by atoms with van der Waals surface area (Å²) < 4.78 is 11.4. The molecule has 6 nitrogen and oxygen atoms in total. The van der Waals surface area contributed by atoms with Crippen LogP contribution in [-0.2, 0) is 4.74 Å². The molecule has 166 valence electrons. The van der Waals surface area contributed by atoms with Gasteiger partial charge in [0.05, 0.1) is 30.2 Å². The first kappa shape index (κ1) is 21.5. The van der Waals surface area contributed by atoms with Crippen molar-refractivity contribution < 1.29 is 13.9 Å². The van der Waals surface area contributed by atoms with Gasteiger partial charge in [0, 0.05) is 36.2 Å². The molecule has 3 aromatic rings. The molecule has 1 amide bonds.